The van der Waals surface area contributed by atoms with E-state index in [-0.39, 0.29) is 47.9 Å². The van der Waals surface area contributed by atoms with Crippen LogP contribution in [0.15, 0.2) is 0 Å². The van der Waals surface area contributed by atoms with Crippen LogP contribution in [0.1, 0.15) is 72.6 Å². The molecule has 2 heterocycles. The molecule has 0 aromatic heterocycles. The fraction of sp³-hybridized carbons (Fsp3) is 0.900. The number of amides is 2. The molecule has 40 heavy (non-hydrogen) atoms. The molecule has 5 fully saturated rings. The predicted molar refractivity (Wildman–Crippen MR) is 143 cm³/mol. The number of fused-ring (bicyclic) bond motifs is 2. The molecule has 3 saturated carbocycles. The highest BCUT2D eigenvalue weighted by atomic mass is 19.3. The lowest BCUT2D eigenvalue weighted by Gasteiger charge is -2.66. The van der Waals surface area contributed by atoms with Gasteiger partial charge in [0.2, 0.25) is 5.91 Å². The molecule has 4 bridgehead atoms. The van der Waals surface area contributed by atoms with Crippen LogP contribution in [0.5, 0.6) is 0 Å². The molecule has 8 nitrogen and oxygen atoms in total. The number of ketones is 1. The minimum Gasteiger partial charge on any atom is -0.445 e. The Kier molecular flexibility index (Phi) is 8.11. The number of Topliss-reactive ketones (excluding diaryl/α,β-unsaturated/α-hetero) is 1. The number of ether oxygens (including phenoxy) is 3. The van der Waals surface area contributed by atoms with Gasteiger partial charge in [0, 0.05) is 43.9 Å². The number of nitrogens with zero attached hydrogens (tertiary/aromatic N) is 1. The summed E-state index contributed by atoms with van der Waals surface area (Å²) in [6.07, 6.45) is 0.499. The third-order valence-electron chi connectivity index (χ3n) is 11.9. The molecule has 2 amide bonds. The summed E-state index contributed by atoms with van der Waals surface area (Å²) in [5, 5.41) is 2.49. The third-order valence-corrected chi connectivity index (χ3v) is 11.9. The van der Waals surface area contributed by atoms with Gasteiger partial charge >= 0.3 is 6.09 Å². The summed E-state index contributed by atoms with van der Waals surface area (Å²) >= 11 is 0. The molecule has 11 atom stereocenters. The maximum atomic E-state index is 14.2. The summed E-state index contributed by atoms with van der Waals surface area (Å²) in [6, 6.07) is 0. The predicted octanol–water partition coefficient (Wildman–Crippen LogP) is 4.45. The zero-order valence-electron chi connectivity index (χ0n) is 24.5. The number of piperidine rings is 1. The van der Waals surface area contributed by atoms with Gasteiger partial charge in [0.05, 0.1) is 12.0 Å². The van der Waals surface area contributed by atoms with Gasteiger partial charge in [-0.2, -0.15) is 0 Å². The Morgan fingerprint density at radius 1 is 1.12 bits per heavy atom. The Balaban J connectivity index is 1.50. The topological polar surface area (TPSA) is 94.2 Å². The summed E-state index contributed by atoms with van der Waals surface area (Å²) in [5.41, 5.74) is -2.64. The largest absolute Gasteiger partial charge is 0.445 e. The molecule has 2 saturated heterocycles. The number of carbonyl (C=O) groups is 3. The third kappa shape index (κ3) is 4.79. The van der Waals surface area contributed by atoms with Gasteiger partial charge in [0.1, 0.15) is 18.3 Å². The van der Waals surface area contributed by atoms with Crippen LogP contribution in [0.2, 0.25) is 0 Å². The first-order valence-electron chi connectivity index (χ1n) is 15.1. The Labute approximate surface area is 236 Å². The highest BCUT2D eigenvalue weighted by molar-refractivity contribution is 5.94. The van der Waals surface area contributed by atoms with E-state index in [4.69, 9.17) is 14.2 Å². The molecular formula is C30H46F2N2O6. The van der Waals surface area contributed by atoms with E-state index in [9.17, 15) is 23.2 Å². The van der Waals surface area contributed by atoms with E-state index in [2.05, 4.69) is 24.1 Å². The number of alkyl halides is 2. The molecular weight excluding hydrogens is 522 g/mol. The number of alkyl carbamates (subject to hydrolysis) is 1. The molecule has 0 aromatic carbocycles. The Morgan fingerprint density at radius 2 is 1.88 bits per heavy atom. The molecule has 10 heteroatoms. The average molecular weight is 569 g/mol. The first-order chi connectivity index (χ1) is 18.9. The zero-order valence-corrected chi connectivity index (χ0v) is 24.5. The fourth-order valence-electron chi connectivity index (χ4n) is 9.57. The smallest absolute Gasteiger partial charge is 0.414 e. The van der Waals surface area contributed by atoms with E-state index < -0.39 is 47.6 Å². The Morgan fingerprint density at radius 3 is 2.50 bits per heavy atom. The number of halogens is 2. The summed E-state index contributed by atoms with van der Waals surface area (Å²) in [6.45, 7) is 9.33. The zero-order chi connectivity index (χ0) is 29.0. The standard InChI is InChI=1S/C30H46F2N2O6/c1-17-8-11-30-10-6-7-21(38-5)24(30)29(17,4)22(13-28(3,25(35)18(30)2)39-16-23(31)32)40-27(37)33-26(36)20-15-34-12-9-19(20)14-34/h17-24H,6-16H2,1-5H3,(H,33,36,37)/t17-,18+,19?,20+,21-,22-,24?,28-,29+,30?/m1/s1. The van der Waals surface area contributed by atoms with Gasteiger partial charge < -0.3 is 19.1 Å². The minimum atomic E-state index is -2.74. The van der Waals surface area contributed by atoms with Crippen LogP contribution < -0.4 is 5.32 Å². The van der Waals surface area contributed by atoms with Crippen LogP contribution in [0.3, 0.4) is 0 Å². The van der Waals surface area contributed by atoms with Crippen LogP contribution in [0.4, 0.5) is 13.6 Å². The number of nitrogens with one attached hydrogen (secondary N) is 1. The maximum Gasteiger partial charge on any atom is 0.414 e. The molecule has 1 N–H and O–H groups in total. The van der Waals surface area contributed by atoms with E-state index in [1.165, 1.54) is 0 Å². The number of hydrogen-bond donors (Lipinski definition) is 1. The van der Waals surface area contributed by atoms with Gasteiger partial charge in [-0.25, -0.2) is 13.6 Å². The van der Waals surface area contributed by atoms with Crippen molar-refractivity contribution in [2.24, 2.45) is 40.4 Å². The van der Waals surface area contributed by atoms with Crippen LogP contribution in [-0.4, -0.2) is 80.3 Å². The van der Waals surface area contributed by atoms with Gasteiger partial charge in [0.25, 0.3) is 6.43 Å². The summed E-state index contributed by atoms with van der Waals surface area (Å²) < 4.78 is 44.7. The highest BCUT2D eigenvalue weighted by Gasteiger charge is 2.67. The second kappa shape index (κ2) is 10.9. The Bertz CT molecular complexity index is 1010. The summed E-state index contributed by atoms with van der Waals surface area (Å²) in [5.74, 6) is -1.02. The van der Waals surface area contributed by atoms with E-state index in [0.29, 0.717) is 6.54 Å². The van der Waals surface area contributed by atoms with Crippen LogP contribution >= 0.6 is 0 Å². The normalized spacial score (nSPS) is 46.5. The van der Waals surface area contributed by atoms with E-state index in [1.807, 2.05) is 6.92 Å². The van der Waals surface area contributed by atoms with Crippen molar-refractivity contribution >= 4 is 17.8 Å². The second-order valence-electron chi connectivity index (χ2n) is 13.7. The van der Waals surface area contributed by atoms with Gasteiger partial charge in [-0.15, -0.1) is 0 Å². The number of imide groups is 1. The molecule has 0 radical (unpaired) electrons. The fourth-order valence-corrected chi connectivity index (χ4v) is 9.57. The van der Waals surface area contributed by atoms with Crippen molar-refractivity contribution in [2.75, 3.05) is 33.4 Å². The Hall–Kier alpha value is -1.65. The number of rotatable bonds is 6. The van der Waals surface area contributed by atoms with E-state index >= 15 is 0 Å². The van der Waals surface area contributed by atoms with Gasteiger partial charge in [0.15, 0.2) is 5.78 Å². The first-order valence-corrected chi connectivity index (χ1v) is 15.1. The average Bonchev–Trinajstić information content (AvgIpc) is 3.56. The summed E-state index contributed by atoms with van der Waals surface area (Å²) in [4.78, 5) is 42.9. The molecule has 5 aliphatic rings. The van der Waals surface area contributed by atoms with Crippen molar-refractivity contribution in [1.82, 2.24) is 10.2 Å². The SMILES string of the molecule is CO[C@@H]1CCCC23CC[C@@H](C)[C@](C)(C12)[C@H](OC(=O)NC(=O)[C@H]1CN2CCC1C2)C[C@@](C)(OCC(F)F)C(=O)[C@@H]3C. The van der Waals surface area contributed by atoms with Crippen LogP contribution in [0.25, 0.3) is 0 Å². The molecule has 5 rings (SSSR count). The number of carbonyl (C=O) groups excluding carboxylic acids is 3. The van der Waals surface area contributed by atoms with E-state index in [1.54, 1.807) is 14.0 Å². The lowest BCUT2D eigenvalue weighted by molar-refractivity contribution is -0.234. The number of hydrogen-bond acceptors (Lipinski definition) is 7. The quantitative estimate of drug-likeness (QED) is 0.506. The van der Waals surface area contributed by atoms with Crippen molar-refractivity contribution in [1.29, 1.82) is 0 Å². The van der Waals surface area contributed by atoms with Gasteiger partial charge in [-0.3, -0.25) is 14.9 Å². The monoisotopic (exact) mass is 568 g/mol. The molecule has 226 valence electrons. The van der Waals surface area contributed by atoms with E-state index in [0.717, 1.165) is 51.6 Å². The molecule has 0 aromatic rings. The second-order valence-corrected chi connectivity index (χ2v) is 13.7. The van der Waals surface area contributed by atoms with Crippen LogP contribution in [-0.2, 0) is 23.8 Å². The number of methoxy groups -OCH3 is 1. The molecule has 2 aliphatic heterocycles. The lowest BCUT2D eigenvalue weighted by atomic mass is 9.40. The van der Waals surface area contributed by atoms with Crippen molar-refractivity contribution < 1.29 is 37.4 Å². The van der Waals surface area contributed by atoms with Crippen molar-refractivity contribution in [2.45, 2.75) is 96.9 Å². The van der Waals surface area contributed by atoms with Gasteiger partial charge in [-0.05, 0) is 62.8 Å². The lowest BCUT2D eigenvalue weighted by Crippen LogP contribution is -2.68. The van der Waals surface area contributed by atoms with Crippen molar-refractivity contribution in [3.8, 4) is 0 Å². The van der Waals surface area contributed by atoms with Crippen molar-refractivity contribution in [3.05, 3.63) is 0 Å². The molecule has 0 spiro atoms. The minimum absolute atomic E-state index is 0.0613. The molecule has 4 unspecified atom stereocenters. The molecule has 3 aliphatic carbocycles. The maximum absolute atomic E-state index is 14.2. The van der Waals surface area contributed by atoms with Gasteiger partial charge in [-0.1, -0.05) is 27.2 Å². The van der Waals surface area contributed by atoms with Crippen LogP contribution in [0, 0.1) is 40.4 Å². The first kappa shape index (κ1) is 29.8. The summed E-state index contributed by atoms with van der Waals surface area (Å²) in [7, 11) is 1.70. The highest BCUT2D eigenvalue weighted by Crippen LogP contribution is 2.67. The van der Waals surface area contributed by atoms with Crippen molar-refractivity contribution in [3.63, 3.8) is 0 Å².